The number of aliphatic hydroxyl groups is 1. The monoisotopic (exact) mass is 338 g/mol. The van der Waals surface area contributed by atoms with Crippen molar-refractivity contribution < 1.29 is 14.6 Å². The van der Waals surface area contributed by atoms with Gasteiger partial charge in [0.2, 0.25) is 11.8 Å². The highest BCUT2D eigenvalue weighted by atomic mass is 79.9. The van der Waals surface area contributed by atoms with Crippen LogP contribution in [0.4, 0.5) is 0 Å². The van der Waals surface area contributed by atoms with Crippen LogP contribution in [0.25, 0.3) is 0 Å². The topological polar surface area (TPSA) is 64.5 Å². The summed E-state index contributed by atoms with van der Waals surface area (Å²) >= 11 is 3.36. The summed E-state index contributed by atoms with van der Waals surface area (Å²) in [4.78, 5) is 8.36. The lowest BCUT2D eigenvalue weighted by Crippen LogP contribution is -2.25. The van der Waals surface area contributed by atoms with E-state index in [1.165, 1.54) is 20.4 Å². The molecule has 5 nitrogen and oxygen atoms in total. The molecule has 1 N–H and O–H groups in total. The van der Waals surface area contributed by atoms with Crippen LogP contribution in [-0.4, -0.2) is 29.3 Å². The molecule has 1 aromatic heterocycles. The lowest BCUT2D eigenvalue weighted by molar-refractivity contribution is 0.0926. The summed E-state index contributed by atoms with van der Waals surface area (Å²) in [5.74, 6) is 0.564. The fourth-order valence-corrected chi connectivity index (χ4v) is 2.11. The second-order valence-electron chi connectivity index (χ2n) is 4.35. The Labute approximate surface area is 125 Å². The Morgan fingerprint density at radius 2 is 1.80 bits per heavy atom. The van der Waals surface area contributed by atoms with Crippen LogP contribution in [0.15, 0.2) is 34.9 Å². The smallest absolute Gasteiger partial charge is 0.242 e. The van der Waals surface area contributed by atoms with E-state index in [4.69, 9.17) is 9.47 Å². The third-order valence-corrected chi connectivity index (χ3v) is 3.52. The van der Waals surface area contributed by atoms with Gasteiger partial charge in [-0.05, 0) is 24.6 Å². The van der Waals surface area contributed by atoms with Gasteiger partial charge in [0.1, 0.15) is 11.3 Å². The Kier molecular flexibility index (Phi) is 4.25. The Hall–Kier alpha value is -1.66. The molecule has 106 valence electrons. The van der Waals surface area contributed by atoms with Crippen LogP contribution in [-0.2, 0) is 5.60 Å². The van der Waals surface area contributed by atoms with Gasteiger partial charge in [0, 0.05) is 4.47 Å². The molecule has 2 aromatic rings. The molecule has 0 spiro atoms. The van der Waals surface area contributed by atoms with Gasteiger partial charge in [-0.2, -0.15) is 4.98 Å². The van der Waals surface area contributed by atoms with Gasteiger partial charge >= 0.3 is 0 Å². The van der Waals surface area contributed by atoms with Crippen molar-refractivity contribution in [3.63, 3.8) is 0 Å². The second kappa shape index (κ2) is 5.76. The molecular formula is C14H15BrN2O3. The number of nitrogens with zero attached hydrogens (tertiary/aromatic N) is 2. The zero-order chi connectivity index (χ0) is 14.8. The van der Waals surface area contributed by atoms with Gasteiger partial charge in [-0.3, -0.25) is 0 Å². The average Bonchev–Trinajstić information content (AvgIpc) is 2.46. The zero-order valence-electron chi connectivity index (χ0n) is 11.4. The van der Waals surface area contributed by atoms with E-state index in [1.807, 2.05) is 24.3 Å². The molecule has 6 heteroatoms. The van der Waals surface area contributed by atoms with Gasteiger partial charge in [0.25, 0.3) is 0 Å². The van der Waals surface area contributed by atoms with Crippen molar-refractivity contribution in [2.45, 2.75) is 12.5 Å². The van der Waals surface area contributed by atoms with Crippen molar-refractivity contribution in [2.75, 3.05) is 14.2 Å². The van der Waals surface area contributed by atoms with Gasteiger partial charge < -0.3 is 14.6 Å². The number of benzene rings is 1. The molecule has 1 atom stereocenters. The molecule has 0 aliphatic carbocycles. The maximum Gasteiger partial charge on any atom is 0.242 e. The van der Waals surface area contributed by atoms with Crippen LogP contribution in [0.1, 0.15) is 18.2 Å². The van der Waals surface area contributed by atoms with E-state index in [0.29, 0.717) is 17.1 Å². The molecule has 0 bridgehead atoms. The molecule has 0 aliphatic heterocycles. The van der Waals surface area contributed by atoms with Crippen molar-refractivity contribution in [2.24, 2.45) is 0 Å². The first-order chi connectivity index (χ1) is 9.48. The standard InChI is InChI=1S/C14H15BrN2O3/c1-14(18,9-4-6-10(15)7-5-9)12-13(20-3)17-11(19-2)8-16-12/h4-8,18H,1-3H3. The summed E-state index contributed by atoms with van der Waals surface area (Å²) < 4.78 is 11.1. The molecule has 0 saturated carbocycles. The van der Waals surface area contributed by atoms with E-state index in [9.17, 15) is 5.11 Å². The van der Waals surface area contributed by atoms with E-state index in [1.54, 1.807) is 6.92 Å². The summed E-state index contributed by atoms with van der Waals surface area (Å²) in [6.45, 7) is 1.65. The van der Waals surface area contributed by atoms with Gasteiger partial charge in [-0.1, -0.05) is 28.1 Å². The molecule has 0 radical (unpaired) electrons. The van der Waals surface area contributed by atoms with E-state index < -0.39 is 5.60 Å². The Morgan fingerprint density at radius 1 is 1.15 bits per heavy atom. The molecule has 1 aromatic carbocycles. The molecule has 0 amide bonds. The molecule has 0 saturated heterocycles. The van der Waals surface area contributed by atoms with Crippen LogP contribution in [0, 0.1) is 0 Å². The molecule has 1 heterocycles. The third-order valence-electron chi connectivity index (χ3n) is 2.99. The molecule has 2 rings (SSSR count). The Balaban J connectivity index is 2.50. The number of hydrogen-bond acceptors (Lipinski definition) is 5. The average molecular weight is 339 g/mol. The van der Waals surface area contributed by atoms with Gasteiger partial charge in [0.15, 0.2) is 0 Å². The molecule has 1 unspecified atom stereocenters. The zero-order valence-corrected chi connectivity index (χ0v) is 13.0. The van der Waals surface area contributed by atoms with Crippen LogP contribution in [0.5, 0.6) is 11.8 Å². The minimum absolute atomic E-state index is 0.234. The van der Waals surface area contributed by atoms with Crippen molar-refractivity contribution in [1.82, 2.24) is 9.97 Å². The Bertz CT molecular complexity index is 600. The van der Waals surface area contributed by atoms with Crippen molar-refractivity contribution in [3.05, 3.63) is 46.2 Å². The van der Waals surface area contributed by atoms with Crippen LogP contribution < -0.4 is 9.47 Å². The van der Waals surface area contributed by atoms with E-state index >= 15 is 0 Å². The number of aromatic nitrogens is 2. The highest BCUT2D eigenvalue weighted by molar-refractivity contribution is 9.10. The van der Waals surface area contributed by atoms with Gasteiger partial charge in [0.05, 0.1) is 20.4 Å². The summed E-state index contributed by atoms with van der Waals surface area (Å²) in [5, 5.41) is 10.8. The quantitative estimate of drug-likeness (QED) is 0.927. The van der Waals surface area contributed by atoms with E-state index in [0.717, 1.165) is 4.47 Å². The van der Waals surface area contributed by atoms with E-state index in [-0.39, 0.29) is 5.88 Å². The first-order valence-electron chi connectivity index (χ1n) is 5.93. The third kappa shape index (κ3) is 2.76. The fraction of sp³-hybridized carbons (Fsp3) is 0.286. The predicted molar refractivity (Wildman–Crippen MR) is 78.0 cm³/mol. The number of hydrogen-bond donors (Lipinski definition) is 1. The largest absolute Gasteiger partial charge is 0.480 e. The molecule has 0 aliphatic rings. The lowest BCUT2D eigenvalue weighted by atomic mass is 9.92. The summed E-state index contributed by atoms with van der Waals surface area (Å²) in [6, 6.07) is 7.34. The molecule has 20 heavy (non-hydrogen) atoms. The Morgan fingerprint density at radius 3 is 2.35 bits per heavy atom. The van der Waals surface area contributed by atoms with Crippen molar-refractivity contribution in [3.8, 4) is 11.8 Å². The SMILES string of the molecule is COc1cnc(C(C)(O)c2ccc(Br)cc2)c(OC)n1. The normalized spacial score (nSPS) is 13.7. The first-order valence-corrected chi connectivity index (χ1v) is 6.72. The maximum atomic E-state index is 10.8. The highest BCUT2D eigenvalue weighted by Gasteiger charge is 2.32. The van der Waals surface area contributed by atoms with Crippen LogP contribution >= 0.6 is 15.9 Å². The first kappa shape index (κ1) is 14.7. The lowest BCUT2D eigenvalue weighted by Gasteiger charge is -2.24. The summed E-state index contributed by atoms with van der Waals surface area (Å²) in [6.07, 6.45) is 1.45. The van der Waals surface area contributed by atoms with Gasteiger partial charge in [-0.15, -0.1) is 0 Å². The maximum absolute atomic E-state index is 10.8. The second-order valence-corrected chi connectivity index (χ2v) is 5.27. The highest BCUT2D eigenvalue weighted by Crippen LogP contribution is 2.34. The number of rotatable bonds is 4. The van der Waals surface area contributed by atoms with Crippen LogP contribution in [0.3, 0.4) is 0 Å². The number of halogens is 1. The van der Waals surface area contributed by atoms with Crippen LogP contribution in [0.2, 0.25) is 0 Å². The van der Waals surface area contributed by atoms with Gasteiger partial charge in [-0.25, -0.2) is 4.98 Å². The minimum atomic E-state index is -1.31. The number of ether oxygens (including phenoxy) is 2. The van der Waals surface area contributed by atoms with E-state index in [2.05, 4.69) is 25.9 Å². The molecular weight excluding hydrogens is 324 g/mol. The fourth-order valence-electron chi connectivity index (χ4n) is 1.84. The molecule has 0 fully saturated rings. The number of methoxy groups -OCH3 is 2. The van der Waals surface area contributed by atoms with Crippen molar-refractivity contribution in [1.29, 1.82) is 0 Å². The summed E-state index contributed by atoms with van der Waals surface area (Å²) in [5.41, 5.74) is -0.285. The summed E-state index contributed by atoms with van der Waals surface area (Å²) in [7, 11) is 2.97. The van der Waals surface area contributed by atoms with Crippen molar-refractivity contribution >= 4 is 15.9 Å². The predicted octanol–water partition coefficient (Wildman–Crippen LogP) is 2.51. The minimum Gasteiger partial charge on any atom is -0.480 e.